The Morgan fingerprint density at radius 2 is 1.48 bits per heavy atom. The molecule has 0 unspecified atom stereocenters. The second kappa shape index (κ2) is 7.12. The third-order valence-electron chi connectivity index (χ3n) is 4.36. The summed E-state index contributed by atoms with van der Waals surface area (Å²) in [4.78, 5) is 12.3. The largest absolute Gasteiger partial charge is 0.294 e. The first kappa shape index (κ1) is 17.5. The van der Waals surface area contributed by atoms with Crippen molar-refractivity contribution < 1.29 is 4.79 Å². The molecular formula is C22H28O. The van der Waals surface area contributed by atoms with Crippen LogP contribution in [0.1, 0.15) is 74.0 Å². The van der Waals surface area contributed by atoms with Crippen molar-refractivity contribution in [2.75, 3.05) is 0 Å². The molecule has 0 saturated heterocycles. The molecule has 0 atom stereocenters. The maximum absolute atomic E-state index is 12.3. The monoisotopic (exact) mass is 308 g/mol. The van der Waals surface area contributed by atoms with Gasteiger partial charge in [-0.15, -0.1) is 0 Å². The van der Waals surface area contributed by atoms with Crippen molar-refractivity contribution in [2.24, 2.45) is 0 Å². The average Bonchev–Trinajstić information content (AvgIpc) is 2.52. The molecule has 0 heterocycles. The second-order valence-corrected chi connectivity index (χ2v) is 7.65. The molecule has 1 nitrogen and oxygen atoms in total. The van der Waals surface area contributed by atoms with Gasteiger partial charge < -0.3 is 0 Å². The molecule has 2 aromatic rings. The van der Waals surface area contributed by atoms with Crippen molar-refractivity contribution >= 4 is 5.78 Å². The summed E-state index contributed by atoms with van der Waals surface area (Å²) in [5, 5.41) is 0. The molecule has 0 fully saturated rings. The van der Waals surface area contributed by atoms with Gasteiger partial charge in [-0.2, -0.15) is 0 Å². The van der Waals surface area contributed by atoms with E-state index < -0.39 is 0 Å². The van der Waals surface area contributed by atoms with Crippen LogP contribution in [-0.2, 0) is 11.8 Å². The minimum Gasteiger partial charge on any atom is -0.294 e. The van der Waals surface area contributed by atoms with Gasteiger partial charge in [-0.3, -0.25) is 4.79 Å². The minimum atomic E-state index is 0.173. The Bertz CT molecular complexity index is 640. The molecule has 0 N–H and O–H groups in total. The molecule has 0 aliphatic heterocycles. The van der Waals surface area contributed by atoms with E-state index in [1.165, 1.54) is 16.7 Å². The summed E-state index contributed by atoms with van der Waals surface area (Å²) in [5.41, 5.74) is 4.83. The lowest BCUT2D eigenvalue weighted by atomic mass is 9.86. The van der Waals surface area contributed by atoms with E-state index in [9.17, 15) is 4.79 Å². The van der Waals surface area contributed by atoms with E-state index in [4.69, 9.17) is 0 Å². The summed E-state index contributed by atoms with van der Waals surface area (Å²) < 4.78 is 0. The molecule has 0 aromatic heterocycles. The maximum atomic E-state index is 12.3. The summed E-state index contributed by atoms with van der Waals surface area (Å²) >= 11 is 0. The Kier molecular flexibility index (Phi) is 5.41. The van der Waals surface area contributed by atoms with Crippen molar-refractivity contribution in [1.29, 1.82) is 0 Å². The number of hydrogen-bond acceptors (Lipinski definition) is 1. The first-order valence-electron chi connectivity index (χ1n) is 8.50. The van der Waals surface area contributed by atoms with Crippen molar-refractivity contribution in [2.45, 2.75) is 58.8 Å². The van der Waals surface area contributed by atoms with Crippen LogP contribution in [0, 0.1) is 0 Å². The normalized spacial score (nSPS) is 11.7. The van der Waals surface area contributed by atoms with Crippen LogP contribution in [0.15, 0.2) is 48.5 Å². The smallest absolute Gasteiger partial charge is 0.163 e. The predicted octanol–water partition coefficient (Wildman–Crippen LogP) is 5.92. The van der Waals surface area contributed by atoms with Crippen LogP contribution in [-0.4, -0.2) is 5.78 Å². The maximum Gasteiger partial charge on any atom is 0.163 e. The number of Topliss-reactive ketones (excluding diaryl/α,β-unsaturated/α-hetero) is 1. The number of rotatable bonds is 5. The lowest BCUT2D eigenvalue weighted by Gasteiger charge is -2.19. The zero-order valence-corrected chi connectivity index (χ0v) is 15.0. The van der Waals surface area contributed by atoms with E-state index in [1.54, 1.807) is 0 Å². The van der Waals surface area contributed by atoms with Gasteiger partial charge in [0.05, 0.1) is 0 Å². The minimum absolute atomic E-state index is 0.173. The third kappa shape index (κ3) is 4.79. The van der Waals surface area contributed by atoms with Gasteiger partial charge in [-0.05, 0) is 34.4 Å². The fourth-order valence-corrected chi connectivity index (χ4v) is 2.63. The fourth-order valence-electron chi connectivity index (χ4n) is 2.63. The molecule has 0 saturated carbocycles. The Morgan fingerprint density at radius 1 is 0.913 bits per heavy atom. The molecule has 0 bridgehead atoms. The molecule has 0 aliphatic carbocycles. The first-order valence-corrected chi connectivity index (χ1v) is 8.50. The van der Waals surface area contributed by atoms with E-state index >= 15 is 0 Å². The molecule has 2 rings (SSSR count). The molecule has 1 heteroatoms. The zero-order chi connectivity index (χ0) is 17.0. The molecule has 2 aromatic carbocycles. The molecule has 0 aliphatic rings. The summed E-state index contributed by atoms with van der Waals surface area (Å²) in [5.74, 6) is 0.723. The first-order chi connectivity index (χ1) is 10.8. The summed E-state index contributed by atoms with van der Waals surface area (Å²) in [6.07, 6.45) is 1.37. The quantitative estimate of drug-likeness (QED) is 0.626. The van der Waals surface area contributed by atoms with Crippen LogP contribution < -0.4 is 0 Å². The Balaban J connectivity index is 1.96. The number of aryl methyl sites for hydroxylation is 1. The highest BCUT2D eigenvalue weighted by Crippen LogP contribution is 2.22. The molecular weight excluding hydrogens is 280 g/mol. The highest BCUT2D eigenvalue weighted by molar-refractivity contribution is 5.96. The number of carbonyl (C=O) groups is 1. The van der Waals surface area contributed by atoms with E-state index in [2.05, 4.69) is 71.0 Å². The van der Waals surface area contributed by atoms with Crippen LogP contribution in [0.2, 0.25) is 0 Å². The van der Waals surface area contributed by atoms with Crippen molar-refractivity contribution in [3.8, 4) is 0 Å². The van der Waals surface area contributed by atoms with Gasteiger partial charge in [0, 0.05) is 12.0 Å². The lowest BCUT2D eigenvalue weighted by Crippen LogP contribution is -2.10. The van der Waals surface area contributed by atoms with Gasteiger partial charge in [-0.1, -0.05) is 83.1 Å². The van der Waals surface area contributed by atoms with E-state index in [-0.39, 0.29) is 11.2 Å². The van der Waals surface area contributed by atoms with Crippen LogP contribution in [0.3, 0.4) is 0 Å². The van der Waals surface area contributed by atoms with Gasteiger partial charge >= 0.3 is 0 Å². The number of ketones is 1. The van der Waals surface area contributed by atoms with E-state index in [0.29, 0.717) is 12.3 Å². The van der Waals surface area contributed by atoms with E-state index in [0.717, 1.165) is 12.0 Å². The number of benzene rings is 2. The van der Waals surface area contributed by atoms with Crippen LogP contribution in [0.25, 0.3) is 0 Å². The highest BCUT2D eigenvalue weighted by Gasteiger charge is 2.13. The van der Waals surface area contributed by atoms with Gasteiger partial charge in [-0.25, -0.2) is 0 Å². The molecule has 0 amide bonds. The van der Waals surface area contributed by atoms with Crippen molar-refractivity contribution in [3.05, 3.63) is 70.8 Å². The van der Waals surface area contributed by atoms with E-state index in [1.807, 2.05) is 12.1 Å². The molecule has 122 valence electrons. The highest BCUT2D eigenvalue weighted by atomic mass is 16.1. The number of hydrogen-bond donors (Lipinski definition) is 0. The lowest BCUT2D eigenvalue weighted by molar-refractivity contribution is 0.0983. The van der Waals surface area contributed by atoms with Crippen LogP contribution in [0.5, 0.6) is 0 Å². The SMILES string of the molecule is CC(C)c1ccc(C(=O)CCc2ccc(C(C)(C)C)cc2)cc1. The van der Waals surface area contributed by atoms with Gasteiger partial charge in [0.2, 0.25) is 0 Å². The van der Waals surface area contributed by atoms with Gasteiger partial charge in [0.1, 0.15) is 0 Å². The fraction of sp³-hybridized carbons (Fsp3) is 0.409. The summed E-state index contributed by atoms with van der Waals surface area (Å²) in [6, 6.07) is 16.7. The standard InChI is InChI=1S/C22H28O/c1-16(2)18-9-11-19(12-10-18)21(23)15-8-17-6-13-20(14-7-17)22(3,4)5/h6-7,9-14,16H,8,15H2,1-5H3. The molecule has 0 radical (unpaired) electrons. The third-order valence-corrected chi connectivity index (χ3v) is 4.36. The van der Waals surface area contributed by atoms with Crippen molar-refractivity contribution in [3.63, 3.8) is 0 Å². The Labute approximate surface area is 140 Å². The Morgan fingerprint density at radius 3 is 1.96 bits per heavy atom. The van der Waals surface area contributed by atoms with Crippen LogP contribution in [0.4, 0.5) is 0 Å². The number of carbonyl (C=O) groups excluding carboxylic acids is 1. The Hall–Kier alpha value is -1.89. The molecule has 23 heavy (non-hydrogen) atoms. The predicted molar refractivity (Wildman–Crippen MR) is 98.3 cm³/mol. The average molecular weight is 308 g/mol. The van der Waals surface area contributed by atoms with Gasteiger partial charge in [0.25, 0.3) is 0 Å². The van der Waals surface area contributed by atoms with Gasteiger partial charge in [0.15, 0.2) is 5.78 Å². The second-order valence-electron chi connectivity index (χ2n) is 7.65. The summed E-state index contributed by atoms with van der Waals surface area (Å²) in [6.45, 7) is 11.0. The summed E-state index contributed by atoms with van der Waals surface area (Å²) in [7, 11) is 0. The van der Waals surface area contributed by atoms with Crippen molar-refractivity contribution in [1.82, 2.24) is 0 Å². The van der Waals surface area contributed by atoms with Crippen LogP contribution >= 0.6 is 0 Å². The zero-order valence-electron chi connectivity index (χ0n) is 15.0. The topological polar surface area (TPSA) is 17.1 Å². The molecule has 0 spiro atoms.